The van der Waals surface area contributed by atoms with Crippen LogP contribution in [0.4, 0.5) is 10.5 Å². The smallest absolute Gasteiger partial charge is 0.319 e. The first-order valence-electron chi connectivity index (χ1n) is 9.34. The molecule has 0 bridgehead atoms. The summed E-state index contributed by atoms with van der Waals surface area (Å²) in [7, 11) is 1.69. The molecule has 0 spiro atoms. The SMILES string of the molecule is Cc1ccc([C@]2(C)NC(=O)N(CC(=O)c3ccc4c(c3)CC(=O)N4C)C2=O)cc1. The van der Waals surface area contributed by atoms with Gasteiger partial charge in [-0.1, -0.05) is 29.8 Å². The number of amides is 4. The number of ketones is 1. The van der Waals surface area contributed by atoms with E-state index >= 15 is 0 Å². The van der Waals surface area contributed by atoms with Crippen LogP contribution < -0.4 is 10.2 Å². The van der Waals surface area contributed by atoms with Crippen molar-refractivity contribution < 1.29 is 19.2 Å². The van der Waals surface area contributed by atoms with Gasteiger partial charge in [0.25, 0.3) is 5.91 Å². The molecule has 29 heavy (non-hydrogen) atoms. The maximum atomic E-state index is 13.0. The number of aryl methyl sites for hydroxylation is 1. The number of benzene rings is 2. The lowest BCUT2D eigenvalue weighted by atomic mass is 9.91. The Morgan fingerprint density at radius 1 is 1.10 bits per heavy atom. The van der Waals surface area contributed by atoms with Crippen molar-refractivity contribution >= 4 is 29.3 Å². The third kappa shape index (κ3) is 2.99. The van der Waals surface area contributed by atoms with Crippen molar-refractivity contribution in [2.75, 3.05) is 18.5 Å². The van der Waals surface area contributed by atoms with Gasteiger partial charge < -0.3 is 10.2 Å². The van der Waals surface area contributed by atoms with Gasteiger partial charge in [0.1, 0.15) is 5.54 Å². The number of carbonyl (C=O) groups is 4. The van der Waals surface area contributed by atoms with E-state index in [0.717, 1.165) is 21.7 Å². The molecule has 0 radical (unpaired) electrons. The quantitative estimate of drug-likeness (QED) is 0.639. The van der Waals surface area contributed by atoms with Crippen molar-refractivity contribution in [2.45, 2.75) is 25.8 Å². The Balaban J connectivity index is 1.55. The van der Waals surface area contributed by atoms with Crippen molar-refractivity contribution in [3.8, 4) is 0 Å². The highest BCUT2D eigenvalue weighted by molar-refractivity contribution is 6.11. The number of likely N-dealkylation sites (N-methyl/N-ethyl adjacent to an activating group) is 1. The van der Waals surface area contributed by atoms with Gasteiger partial charge in [0.15, 0.2) is 5.78 Å². The molecule has 0 aromatic heterocycles. The fourth-order valence-electron chi connectivity index (χ4n) is 3.80. The van der Waals surface area contributed by atoms with Gasteiger partial charge in [-0.05, 0) is 43.2 Å². The molecule has 4 rings (SSSR count). The minimum Gasteiger partial charge on any atom is -0.319 e. The van der Waals surface area contributed by atoms with E-state index in [1.165, 1.54) is 0 Å². The van der Waals surface area contributed by atoms with Gasteiger partial charge in [-0.3, -0.25) is 19.3 Å². The molecule has 7 heteroatoms. The molecule has 0 saturated carbocycles. The van der Waals surface area contributed by atoms with E-state index in [2.05, 4.69) is 5.32 Å². The summed E-state index contributed by atoms with van der Waals surface area (Å²) in [4.78, 5) is 52.6. The lowest BCUT2D eigenvalue weighted by Crippen LogP contribution is -2.41. The monoisotopic (exact) mass is 391 g/mol. The number of urea groups is 1. The van der Waals surface area contributed by atoms with Gasteiger partial charge in [0, 0.05) is 18.3 Å². The number of rotatable bonds is 4. The van der Waals surface area contributed by atoms with Crippen LogP contribution in [0.2, 0.25) is 0 Å². The molecule has 1 fully saturated rings. The highest BCUT2D eigenvalue weighted by atomic mass is 16.2. The number of hydrogen-bond acceptors (Lipinski definition) is 4. The van der Waals surface area contributed by atoms with Crippen molar-refractivity contribution in [2.24, 2.45) is 0 Å². The lowest BCUT2D eigenvalue weighted by Gasteiger charge is -2.22. The zero-order valence-electron chi connectivity index (χ0n) is 16.5. The van der Waals surface area contributed by atoms with Gasteiger partial charge in [-0.15, -0.1) is 0 Å². The van der Waals surface area contributed by atoms with Gasteiger partial charge in [0.05, 0.1) is 13.0 Å². The third-order valence-corrected chi connectivity index (χ3v) is 5.68. The third-order valence-electron chi connectivity index (χ3n) is 5.68. The van der Waals surface area contributed by atoms with E-state index in [-0.39, 0.29) is 24.7 Å². The van der Waals surface area contributed by atoms with Gasteiger partial charge in [0.2, 0.25) is 5.91 Å². The molecular formula is C22H21N3O4. The highest BCUT2D eigenvalue weighted by Crippen LogP contribution is 2.31. The number of carbonyl (C=O) groups excluding carboxylic acids is 4. The zero-order valence-corrected chi connectivity index (χ0v) is 16.5. The van der Waals surface area contributed by atoms with Crippen molar-refractivity contribution in [1.29, 1.82) is 0 Å². The molecule has 1 atom stereocenters. The molecular weight excluding hydrogens is 370 g/mol. The first-order chi connectivity index (χ1) is 13.7. The number of nitrogens with one attached hydrogen (secondary N) is 1. The van der Waals surface area contributed by atoms with Crippen molar-refractivity contribution in [3.63, 3.8) is 0 Å². The van der Waals surface area contributed by atoms with E-state index in [1.54, 1.807) is 49.2 Å². The van der Waals surface area contributed by atoms with Crippen LogP contribution in [0.1, 0.15) is 34.0 Å². The molecule has 0 unspecified atom stereocenters. The van der Waals surface area contributed by atoms with Crippen LogP contribution >= 0.6 is 0 Å². The molecule has 148 valence electrons. The van der Waals surface area contributed by atoms with Crippen LogP contribution in [-0.2, 0) is 21.5 Å². The molecule has 2 aliphatic rings. The summed E-state index contributed by atoms with van der Waals surface area (Å²) in [5.41, 5.74) is 2.41. The predicted octanol–water partition coefficient (Wildman–Crippen LogP) is 2.16. The Bertz CT molecular complexity index is 1060. The molecule has 2 aliphatic heterocycles. The van der Waals surface area contributed by atoms with Crippen LogP contribution in [0, 0.1) is 6.92 Å². The summed E-state index contributed by atoms with van der Waals surface area (Å²) in [5, 5.41) is 2.71. The standard InChI is InChI=1S/C22H21N3O4/c1-13-4-7-16(8-5-13)22(2)20(28)25(21(29)23-22)12-18(26)14-6-9-17-15(10-14)11-19(27)24(17)3/h4-10H,11-12H2,1-3H3,(H,23,29)/t22-/m0/s1. The van der Waals surface area contributed by atoms with Gasteiger partial charge in [-0.25, -0.2) is 4.79 Å². The average Bonchev–Trinajstić information content (AvgIpc) is 3.09. The molecule has 4 amide bonds. The number of anilines is 1. The zero-order chi connectivity index (χ0) is 20.9. The maximum absolute atomic E-state index is 13.0. The Labute approximate surface area is 168 Å². The van der Waals surface area contributed by atoms with E-state index in [0.29, 0.717) is 11.1 Å². The fourth-order valence-corrected chi connectivity index (χ4v) is 3.80. The Hall–Kier alpha value is -3.48. The minimum atomic E-state index is -1.21. The van der Waals surface area contributed by atoms with E-state index in [4.69, 9.17) is 0 Å². The number of nitrogens with zero attached hydrogens (tertiary/aromatic N) is 2. The van der Waals surface area contributed by atoms with E-state index in [1.807, 2.05) is 19.1 Å². The second-order valence-corrected chi connectivity index (χ2v) is 7.71. The predicted molar refractivity (Wildman–Crippen MR) is 107 cm³/mol. The first-order valence-corrected chi connectivity index (χ1v) is 9.34. The summed E-state index contributed by atoms with van der Waals surface area (Å²) in [6, 6.07) is 11.7. The molecule has 1 saturated heterocycles. The van der Waals surface area contributed by atoms with Crippen LogP contribution in [0.25, 0.3) is 0 Å². The van der Waals surface area contributed by atoms with Crippen molar-refractivity contribution in [1.82, 2.24) is 10.2 Å². The normalized spacial score (nSPS) is 20.9. The Morgan fingerprint density at radius 2 is 1.79 bits per heavy atom. The second kappa shape index (κ2) is 6.55. The largest absolute Gasteiger partial charge is 0.325 e. The summed E-state index contributed by atoms with van der Waals surface area (Å²) in [5.74, 6) is -0.852. The lowest BCUT2D eigenvalue weighted by molar-refractivity contribution is -0.130. The van der Waals surface area contributed by atoms with Gasteiger partial charge in [-0.2, -0.15) is 0 Å². The summed E-state index contributed by atoms with van der Waals surface area (Å²) in [6.07, 6.45) is 0.238. The van der Waals surface area contributed by atoms with Crippen LogP contribution in [0.5, 0.6) is 0 Å². The van der Waals surface area contributed by atoms with Crippen molar-refractivity contribution in [3.05, 3.63) is 64.7 Å². The number of Topliss-reactive ketones (excluding diaryl/α,β-unsaturated/α-hetero) is 1. The topological polar surface area (TPSA) is 86.8 Å². The molecule has 2 aromatic rings. The minimum absolute atomic E-state index is 0.0347. The fraction of sp³-hybridized carbons (Fsp3) is 0.273. The Morgan fingerprint density at radius 3 is 2.48 bits per heavy atom. The molecule has 7 nitrogen and oxygen atoms in total. The highest BCUT2D eigenvalue weighted by Gasteiger charge is 2.49. The molecule has 2 aromatic carbocycles. The summed E-state index contributed by atoms with van der Waals surface area (Å²) < 4.78 is 0. The average molecular weight is 391 g/mol. The number of hydrogen-bond donors (Lipinski definition) is 1. The molecule has 2 heterocycles. The first kappa shape index (κ1) is 18.9. The van der Waals surface area contributed by atoms with Crippen LogP contribution in [-0.4, -0.2) is 42.1 Å². The second-order valence-electron chi connectivity index (χ2n) is 7.71. The van der Waals surface area contributed by atoms with Crippen LogP contribution in [0.15, 0.2) is 42.5 Å². The van der Waals surface area contributed by atoms with E-state index in [9.17, 15) is 19.2 Å². The Kier molecular flexibility index (Phi) is 4.26. The van der Waals surface area contributed by atoms with Gasteiger partial charge >= 0.3 is 6.03 Å². The summed E-state index contributed by atoms with van der Waals surface area (Å²) >= 11 is 0. The molecule has 0 aliphatic carbocycles. The molecule has 1 N–H and O–H groups in total. The number of imide groups is 1. The summed E-state index contributed by atoms with van der Waals surface area (Å²) in [6.45, 7) is 3.22. The van der Waals surface area contributed by atoms with Crippen LogP contribution in [0.3, 0.4) is 0 Å². The number of fused-ring (bicyclic) bond motifs is 1. The maximum Gasteiger partial charge on any atom is 0.325 e. The van der Waals surface area contributed by atoms with E-state index < -0.39 is 17.5 Å².